The van der Waals surface area contributed by atoms with Crippen molar-refractivity contribution in [3.05, 3.63) is 108 Å². The van der Waals surface area contributed by atoms with E-state index in [4.69, 9.17) is 0 Å². The number of amides is 3. The summed E-state index contributed by atoms with van der Waals surface area (Å²) in [6.07, 6.45) is 4.33. The summed E-state index contributed by atoms with van der Waals surface area (Å²) in [6, 6.07) is 24.2. The minimum Gasteiger partial charge on any atom is -0.350 e. The van der Waals surface area contributed by atoms with Crippen LogP contribution in [0.3, 0.4) is 0 Å². The molecule has 1 aliphatic heterocycles. The maximum absolute atomic E-state index is 14.0. The fourth-order valence-corrected chi connectivity index (χ4v) is 6.05. The Kier molecular flexibility index (Phi) is 6.83. The number of nitrogens with one attached hydrogen (secondary N) is 2. The van der Waals surface area contributed by atoms with Crippen molar-refractivity contribution < 1.29 is 14.4 Å². The van der Waals surface area contributed by atoms with E-state index in [1.807, 2.05) is 111 Å². The van der Waals surface area contributed by atoms with Crippen LogP contribution in [-0.2, 0) is 23.2 Å². The lowest BCUT2D eigenvalue weighted by Gasteiger charge is -2.33. The van der Waals surface area contributed by atoms with Gasteiger partial charge in [0.1, 0.15) is 12.6 Å². The first kappa shape index (κ1) is 26.4. The van der Waals surface area contributed by atoms with Crippen molar-refractivity contribution in [3.8, 4) is 0 Å². The van der Waals surface area contributed by atoms with Gasteiger partial charge in [-0.2, -0.15) is 0 Å². The predicted octanol–water partition coefficient (Wildman–Crippen LogP) is 4.94. The van der Waals surface area contributed by atoms with Crippen molar-refractivity contribution in [2.45, 2.75) is 38.9 Å². The molecule has 0 aliphatic carbocycles. The molecule has 0 radical (unpaired) electrons. The lowest BCUT2D eigenvalue weighted by molar-refractivity contribution is -0.132. The van der Waals surface area contributed by atoms with Crippen molar-refractivity contribution in [1.82, 2.24) is 24.9 Å². The average Bonchev–Trinajstić information content (AvgIpc) is 3.62. The van der Waals surface area contributed by atoms with Crippen LogP contribution in [0.25, 0.3) is 21.8 Å². The molecule has 0 saturated carbocycles. The number of aryl methyl sites for hydroxylation is 1. The number of benzene rings is 3. The average molecular weight is 548 g/mol. The molecule has 2 atom stereocenters. The first-order valence-electron chi connectivity index (χ1n) is 13.9. The number of hydrogen-bond acceptors (Lipinski definition) is 3. The Morgan fingerprint density at radius 1 is 0.854 bits per heavy atom. The third-order valence-corrected chi connectivity index (χ3v) is 7.87. The molecule has 0 fully saturated rings. The standard InChI is InChI=1S/C33H33N5O3/c1-21(2)18-29(32(40)35-34-30(39)20-37-17-16-22-10-4-8-14-27(22)37)38-31(24-12-5-6-13-25(24)33(38)41)26-19-36(3)28-15-9-7-11-23(26)28/h4-17,19,21,29,31H,18,20H2,1-3H3,(H,34,39)(H,35,40). The zero-order valence-electron chi connectivity index (χ0n) is 23.4. The number of aromatic nitrogens is 2. The van der Waals surface area contributed by atoms with Crippen molar-refractivity contribution >= 4 is 39.5 Å². The highest BCUT2D eigenvalue weighted by Gasteiger charge is 2.45. The van der Waals surface area contributed by atoms with E-state index in [0.29, 0.717) is 12.0 Å². The second-order valence-electron chi connectivity index (χ2n) is 11.1. The summed E-state index contributed by atoms with van der Waals surface area (Å²) in [7, 11) is 1.99. The highest BCUT2D eigenvalue weighted by Crippen LogP contribution is 2.43. The van der Waals surface area contributed by atoms with Crippen LogP contribution in [-0.4, -0.2) is 37.8 Å². The summed E-state index contributed by atoms with van der Waals surface area (Å²) in [6.45, 7) is 4.10. The monoisotopic (exact) mass is 547 g/mol. The molecular formula is C33H33N5O3. The molecular weight excluding hydrogens is 514 g/mol. The van der Waals surface area contributed by atoms with Gasteiger partial charge in [0.05, 0.1) is 6.04 Å². The van der Waals surface area contributed by atoms with Gasteiger partial charge >= 0.3 is 0 Å². The summed E-state index contributed by atoms with van der Waals surface area (Å²) in [5.41, 5.74) is 9.64. The van der Waals surface area contributed by atoms with E-state index in [1.54, 1.807) is 4.90 Å². The summed E-state index contributed by atoms with van der Waals surface area (Å²) in [5.74, 6) is -0.845. The minimum atomic E-state index is -0.799. The third-order valence-electron chi connectivity index (χ3n) is 7.87. The molecule has 3 aromatic carbocycles. The Balaban J connectivity index is 1.30. The van der Waals surface area contributed by atoms with E-state index < -0.39 is 18.0 Å². The molecule has 3 heterocycles. The fourth-order valence-electron chi connectivity index (χ4n) is 6.05. The highest BCUT2D eigenvalue weighted by atomic mass is 16.2. The molecule has 2 N–H and O–H groups in total. The summed E-state index contributed by atoms with van der Waals surface area (Å²) < 4.78 is 3.89. The summed E-state index contributed by atoms with van der Waals surface area (Å²) in [5, 5.41) is 2.07. The van der Waals surface area contributed by atoms with Gasteiger partial charge in [-0.25, -0.2) is 0 Å². The summed E-state index contributed by atoms with van der Waals surface area (Å²) >= 11 is 0. The number of nitrogens with zero attached hydrogens (tertiary/aromatic N) is 3. The lowest BCUT2D eigenvalue weighted by atomic mass is 9.95. The van der Waals surface area contributed by atoms with Gasteiger partial charge in [-0.1, -0.05) is 68.4 Å². The number of hydrazine groups is 1. The van der Waals surface area contributed by atoms with Gasteiger partial charge in [0.15, 0.2) is 0 Å². The Morgan fingerprint density at radius 3 is 2.37 bits per heavy atom. The van der Waals surface area contributed by atoms with Crippen molar-refractivity contribution in [2.24, 2.45) is 13.0 Å². The Hall–Kier alpha value is -4.85. The largest absolute Gasteiger partial charge is 0.350 e. The number of para-hydroxylation sites is 2. The molecule has 0 saturated heterocycles. The van der Waals surface area contributed by atoms with Crippen LogP contribution in [0.15, 0.2) is 91.3 Å². The zero-order valence-corrected chi connectivity index (χ0v) is 23.4. The van der Waals surface area contributed by atoms with Crippen LogP contribution in [0.4, 0.5) is 0 Å². The minimum absolute atomic E-state index is 0.0509. The van der Waals surface area contributed by atoms with E-state index in [1.165, 1.54) is 0 Å². The number of carbonyl (C=O) groups excluding carboxylic acids is 3. The highest BCUT2D eigenvalue weighted by molar-refractivity contribution is 6.03. The molecule has 8 heteroatoms. The van der Waals surface area contributed by atoms with Crippen LogP contribution in [0.1, 0.15) is 47.8 Å². The van der Waals surface area contributed by atoms with Gasteiger partial charge in [0, 0.05) is 47.0 Å². The first-order chi connectivity index (χ1) is 19.8. The predicted molar refractivity (Wildman–Crippen MR) is 159 cm³/mol. The van der Waals surface area contributed by atoms with Crippen LogP contribution < -0.4 is 10.9 Å². The van der Waals surface area contributed by atoms with E-state index in [2.05, 4.69) is 21.5 Å². The molecule has 1 aliphatic rings. The van der Waals surface area contributed by atoms with Gasteiger partial charge in [0.2, 0.25) is 0 Å². The first-order valence-corrected chi connectivity index (χ1v) is 13.9. The molecule has 2 aromatic heterocycles. The van der Waals surface area contributed by atoms with Crippen LogP contribution in [0.2, 0.25) is 0 Å². The van der Waals surface area contributed by atoms with E-state index in [-0.39, 0.29) is 24.3 Å². The number of fused-ring (bicyclic) bond motifs is 3. The Bertz CT molecular complexity index is 1780. The summed E-state index contributed by atoms with van der Waals surface area (Å²) in [4.78, 5) is 42.3. The molecule has 0 bridgehead atoms. The van der Waals surface area contributed by atoms with Gasteiger partial charge in [-0.15, -0.1) is 0 Å². The van der Waals surface area contributed by atoms with E-state index >= 15 is 0 Å². The maximum Gasteiger partial charge on any atom is 0.261 e. The van der Waals surface area contributed by atoms with Crippen LogP contribution in [0, 0.1) is 5.92 Å². The van der Waals surface area contributed by atoms with Gasteiger partial charge < -0.3 is 14.0 Å². The molecule has 2 unspecified atom stereocenters. The van der Waals surface area contributed by atoms with Crippen molar-refractivity contribution in [3.63, 3.8) is 0 Å². The maximum atomic E-state index is 14.0. The van der Waals surface area contributed by atoms with Gasteiger partial charge in [-0.3, -0.25) is 25.2 Å². The number of rotatable bonds is 7. The topological polar surface area (TPSA) is 88.4 Å². The third kappa shape index (κ3) is 4.75. The molecule has 208 valence electrons. The fraction of sp³-hybridized carbons (Fsp3) is 0.242. The molecule has 0 spiro atoms. The Morgan fingerprint density at radius 2 is 1.56 bits per heavy atom. The quantitative estimate of drug-likeness (QED) is 0.283. The smallest absolute Gasteiger partial charge is 0.261 e. The normalized spacial score (nSPS) is 15.5. The van der Waals surface area contributed by atoms with Gasteiger partial charge in [-0.05, 0) is 47.6 Å². The second kappa shape index (κ2) is 10.6. The molecule has 8 nitrogen and oxygen atoms in total. The molecule has 6 rings (SSSR count). The van der Waals surface area contributed by atoms with Crippen LogP contribution in [0.5, 0.6) is 0 Å². The number of carbonyl (C=O) groups is 3. The zero-order chi connectivity index (χ0) is 28.7. The molecule has 5 aromatic rings. The van der Waals surface area contributed by atoms with Gasteiger partial charge in [0.25, 0.3) is 17.7 Å². The van der Waals surface area contributed by atoms with Crippen molar-refractivity contribution in [1.29, 1.82) is 0 Å². The molecule has 41 heavy (non-hydrogen) atoms. The molecule has 3 amide bonds. The lowest BCUT2D eigenvalue weighted by Crippen LogP contribution is -2.54. The second-order valence-corrected chi connectivity index (χ2v) is 11.1. The SMILES string of the molecule is CC(C)CC(C(=O)NNC(=O)Cn1ccc2ccccc21)N1C(=O)c2ccccc2C1c1cn(C)c2ccccc12. The Labute approximate surface area is 238 Å². The van der Waals surface area contributed by atoms with E-state index in [0.717, 1.165) is 32.9 Å². The van der Waals surface area contributed by atoms with Crippen LogP contribution >= 0.6 is 0 Å². The number of hydrogen-bond donors (Lipinski definition) is 2. The van der Waals surface area contributed by atoms with E-state index in [9.17, 15) is 14.4 Å². The van der Waals surface area contributed by atoms with Crippen molar-refractivity contribution in [2.75, 3.05) is 0 Å².